The number of aryl methyl sites for hydroxylation is 1. The van der Waals surface area contributed by atoms with Gasteiger partial charge < -0.3 is 0 Å². The van der Waals surface area contributed by atoms with Crippen LogP contribution in [0.2, 0.25) is 0 Å². The summed E-state index contributed by atoms with van der Waals surface area (Å²) in [5, 5.41) is 10.9. The minimum atomic E-state index is -0.466. The molecule has 6 nitrogen and oxygen atoms in total. The van der Waals surface area contributed by atoms with E-state index in [2.05, 4.69) is 36.8 Å². The lowest BCUT2D eigenvalue weighted by molar-refractivity contribution is -0.385. The lowest BCUT2D eigenvalue weighted by atomic mass is 10.2. The van der Waals surface area contributed by atoms with E-state index < -0.39 is 4.92 Å². The maximum absolute atomic E-state index is 12.0. The molecular formula is C13H11Br2N3O3. The molecular weight excluding hydrogens is 406 g/mol. The molecule has 0 spiro atoms. The largest absolute Gasteiger partial charge is 0.348 e. The first kappa shape index (κ1) is 15.8. The number of hydrogen-bond donors (Lipinski definition) is 0. The van der Waals surface area contributed by atoms with Crippen LogP contribution in [0.3, 0.4) is 0 Å². The highest BCUT2D eigenvalue weighted by Crippen LogP contribution is 2.26. The van der Waals surface area contributed by atoms with Gasteiger partial charge >= 0.3 is 5.69 Å². The predicted molar refractivity (Wildman–Crippen MR) is 85.6 cm³/mol. The van der Waals surface area contributed by atoms with Crippen LogP contribution in [0.4, 0.5) is 5.69 Å². The minimum Gasteiger partial charge on any atom is -0.291 e. The van der Waals surface area contributed by atoms with Gasteiger partial charge in [-0.2, -0.15) is 4.98 Å². The Morgan fingerprint density at radius 1 is 1.33 bits per heavy atom. The quantitative estimate of drug-likeness (QED) is 0.567. The van der Waals surface area contributed by atoms with Crippen LogP contribution in [0.15, 0.2) is 31.9 Å². The van der Waals surface area contributed by atoms with Gasteiger partial charge in [-0.3, -0.25) is 14.7 Å². The molecule has 0 unspecified atom stereocenters. The molecule has 1 heterocycles. The fourth-order valence-corrected chi connectivity index (χ4v) is 2.64. The molecule has 0 amide bonds. The van der Waals surface area contributed by atoms with E-state index in [9.17, 15) is 14.9 Å². The smallest absolute Gasteiger partial charge is 0.291 e. The highest BCUT2D eigenvalue weighted by molar-refractivity contribution is 9.11. The van der Waals surface area contributed by atoms with Gasteiger partial charge in [0.05, 0.1) is 26.1 Å². The van der Waals surface area contributed by atoms with Gasteiger partial charge in [-0.25, -0.2) is 4.79 Å². The van der Waals surface area contributed by atoms with E-state index in [0.29, 0.717) is 15.7 Å². The number of nitro benzene ring substituents is 1. The average Bonchev–Trinajstić information content (AvgIpc) is 2.42. The molecule has 1 aromatic heterocycles. The molecule has 21 heavy (non-hydrogen) atoms. The molecule has 2 rings (SSSR count). The zero-order chi connectivity index (χ0) is 15.7. The van der Waals surface area contributed by atoms with Crippen molar-refractivity contribution in [2.75, 3.05) is 0 Å². The number of hydrogen-bond acceptors (Lipinski definition) is 4. The molecule has 8 heteroatoms. The molecule has 1 aromatic carbocycles. The van der Waals surface area contributed by atoms with Gasteiger partial charge in [-0.1, -0.05) is 6.07 Å². The van der Waals surface area contributed by atoms with Crippen molar-refractivity contribution < 1.29 is 4.92 Å². The topological polar surface area (TPSA) is 78.0 Å². The second-order valence-electron chi connectivity index (χ2n) is 4.51. The Kier molecular flexibility index (Phi) is 4.58. The molecule has 0 saturated carbocycles. The fourth-order valence-electron chi connectivity index (χ4n) is 1.94. The van der Waals surface area contributed by atoms with Crippen LogP contribution >= 0.6 is 31.9 Å². The molecule has 0 aliphatic rings. The van der Waals surface area contributed by atoms with Crippen LogP contribution in [-0.2, 0) is 6.54 Å². The van der Waals surface area contributed by atoms with Crippen LogP contribution in [0, 0.1) is 24.0 Å². The molecule has 0 aliphatic carbocycles. The molecule has 0 atom stereocenters. The third-order valence-electron chi connectivity index (χ3n) is 3.08. The van der Waals surface area contributed by atoms with Gasteiger partial charge in [0, 0.05) is 11.8 Å². The van der Waals surface area contributed by atoms with E-state index in [1.807, 2.05) is 0 Å². The first-order valence-electron chi connectivity index (χ1n) is 5.97. The van der Waals surface area contributed by atoms with Crippen LogP contribution in [0.5, 0.6) is 0 Å². The maximum Gasteiger partial charge on any atom is 0.348 e. The van der Waals surface area contributed by atoms with Gasteiger partial charge in [0.25, 0.3) is 5.69 Å². The summed E-state index contributed by atoms with van der Waals surface area (Å²) in [4.78, 5) is 26.4. The summed E-state index contributed by atoms with van der Waals surface area (Å²) in [5.41, 5.74) is 1.61. The Labute approximate surface area is 137 Å². The predicted octanol–water partition coefficient (Wildman–Crippen LogP) is 3.34. The van der Waals surface area contributed by atoms with Crippen LogP contribution < -0.4 is 5.69 Å². The molecule has 0 fully saturated rings. The standard InChI is InChI=1S/C13H11Br2N3O3/c1-7-12(15)8(2)17(13(19)16-7)6-9-3-4-10(14)11(5-9)18(20)21/h3-5H,6H2,1-2H3. The highest BCUT2D eigenvalue weighted by atomic mass is 79.9. The first-order chi connectivity index (χ1) is 9.81. The zero-order valence-electron chi connectivity index (χ0n) is 11.3. The first-order valence-corrected chi connectivity index (χ1v) is 7.56. The van der Waals surface area contributed by atoms with Crippen LogP contribution in [0.1, 0.15) is 17.0 Å². The van der Waals surface area contributed by atoms with E-state index >= 15 is 0 Å². The van der Waals surface area contributed by atoms with Gasteiger partial charge in [0.2, 0.25) is 0 Å². The van der Waals surface area contributed by atoms with Crippen LogP contribution in [-0.4, -0.2) is 14.5 Å². The van der Waals surface area contributed by atoms with Gasteiger partial charge in [0.1, 0.15) is 0 Å². The van der Waals surface area contributed by atoms with Gasteiger partial charge in [0.15, 0.2) is 0 Å². The fraction of sp³-hybridized carbons (Fsp3) is 0.231. The van der Waals surface area contributed by atoms with Crippen molar-refractivity contribution in [3.05, 3.63) is 64.7 Å². The van der Waals surface area contributed by atoms with Crippen molar-refractivity contribution in [2.24, 2.45) is 0 Å². The lowest BCUT2D eigenvalue weighted by Gasteiger charge is -2.12. The summed E-state index contributed by atoms with van der Waals surface area (Å²) in [6.07, 6.45) is 0. The van der Waals surface area contributed by atoms with Crippen molar-refractivity contribution in [3.63, 3.8) is 0 Å². The van der Waals surface area contributed by atoms with E-state index in [0.717, 1.165) is 10.2 Å². The van der Waals surface area contributed by atoms with Gasteiger partial charge in [-0.05, 0) is 57.3 Å². The summed E-state index contributed by atoms with van der Waals surface area (Å²) in [6, 6.07) is 4.78. The monoisotopic (exact) mass is 415 g/mol. The highest BCUT2D eigenvalue weighted by Gasteiger charge is 2.14. The average molecular weight is 417 g/mol. The van der Waals surface area contributed by atoms with E-state index in [1.165, 1.54) is 10.6 Å². The molecule has 0 saturated heterocycles. The lowest BCUT2D eigenvalue weighted by Crippen LogP contribution is -2.26. The van der Waals surface area contributed by atoms with Crippen molar-refractivity contribution in [3.8, 4) is 0 Å². The number of nitro groups is 1. The minimum absolute atomic E-state index is 0.0302. The van der Waals surface area contributed by atoms with Crippen LogP contribution in [0.25, 0.3) is 0 Å². The number of nitrogens with zero attached hydrogens (tertiary/aromatic N) is 3. The second kappa shape index (κ2) is 6.07. The van der Waals surface area contributed by atoms with Crippen molar-refractivity contribution in [1.82, 2.24) is 9.55 Å². The van der Waals surface area contributed by atoms with E-state index in [4.69, 9.17) is 0 Å². The second-order valence-corrected chi connectivity index (χ2v) is 6.16. The maximum atomic E-state index is 12.0. The molecule has 0 radical (unpaired) electrons. The zero-order valence-corrected chi connectivity index (χ0v) is 14.4. The van der Waals surface area contributed by atoms with Gasteiger partial charge in [-0.15, -0.1) is 0 Å². The Hall–Kier alpha value is -1.54. The number of benzene rings is 1. The Morgan fingerprint density at radius 2 is 2.00 bits per heavy atom. The summed E-state index contributed by atoms with van der Waals surface area (Å²) in [6.45, 7) is 3.77. The molecule has 0 bridgehead atoms. The molecule has 110 valence electrons. The summed E-state index contributed by atoms with van der Waals surface area (Å²) < 4.78 is 2.64. The Bertz CT molecular complexity index is 787. The summed E-state index contributed by atoms with van der Waals surface area (Å²) in [5.74, 6) is 0. The third kappa shape index (κ3) is 3.21. The number of aromatic nitrogens is 2. The van der Waals surface area contributed by atoms with Crippen molar-refractivity contribution >= 4 is 37.5 Å². The summed E-state index contributed by atoms with van der Waals surface area (Å²) >= 11 is 6.53. The molecule has 2 aromatic rings. The molecule has 0 aliphatic heterocycles. The van der Waals surface area contributed by atoms with E-state index in [-0.39, 0.29) is 17.9 Å². The third-order valence-corrected chi connectivity index (χ3v) is 4.90. The summed E-state index contributed by atoms with van der Waals surface area (Å²) in [7, 11) is 0. The molecule has 0 N–H and O–H groups in total. The van der Waals surface area contributed by atoms with E-state index in [1.54, 1.807) is 26.0 Å². The SMILES string of the molecule is Cc1nc(=O)n(Cc2ccc(Br)c([N+](=O)[O-])c2)c(C)c1Br. The van der Waals surface area contributed by atoms with Crippen molar-refractivity contribution in [1.29, 1.82) is 0 Å². The number of rotatable bonds is 3. The Balaban J connectivity index is 2.49. The van der Waals surface area contributed by atoms with Crippen molar-refractivity contribution in [2.45, 2.75) is 20.4 Å². The Morgan fingerprint density at radius 3 is 2.62 bits per heavy atom. The number of halogens is 2. The normalized spacial score (nSPS) is 10.7.